The van der Waals surface area contributed by atoms with Crippen LogP contribution >= 0.6 is 0 Å². The average Bonchev–Trinajstić information content (AvgIpc) is 3.52. The van der Waals surface area contributed by atoms with E-state index < -0.39 is 18.1 Å². The first-order valence-corrected chi connectivity index (χ1v) is 15.0. The number of rotatable bonds is 12. The van der Waals surface area contributed by atoms with Crippen LogP contribution in [0.3, 0.4) is 0 Å². The molecule has 0 spiro atoms. The molecule has 0 aliphatic carbocycles. The molecule has 1 aliphatic heterocycles. The molecule has 5 rings (SSSR count). The number of urea groups is 1. The highest BCUT2D eigenvalue weighted by Gasteiger charge is 2.44. The number of imidazole rings is 1. The summed E-state index contributed by atoms with van der Waals surface area (Å²) < 4.78 is 7.68. The van der Waals surface area contributed by atoms with Crippen molar-refractivity contribution in [1.82, 2.24) is 19.8 Å². The Hall–Kier alpha value is -5.21. The molecule has 11 heteroatoms. The molecule has 2 heterocycles. The fraction of sp³-hybridized carbons (Fsp3) is 0.324. The van der Waals surface area contributed by atoms with Crippen molar-refractivity contribution in [1.29, 1.82) is 5.26 Å². The molecule has 1 fully saturated rings. The second-order valence-electron chi connectivity index (χ2n) is 11.4. The molecule has 1 saturated heterocycles. The van der Waals surface area contributed by atoms with E-state index in [1.807, 2.05) is 48.7 Å². The fourth-order valence-electron chi connectivity index (χ4n) is 5.54. The van der Waals surface area contributed by atoms with Crippen molar-refractivity contribution in [2.24, 2.45) is 18.7 Å². The molecule has 1 aliphatic rings. The molecule has 0 unspecified atom stereocenters. The predicted molar refractivity (Wildman–Crippen MR) is 171 cm³/mol. The van der Waals surface area contributed by atoms with E-state index in [0.717, 1.165) is 12.8 Å². The van der Waals surface area contributed by atoms with Crippen LogP contribution in [0, 0.1) is 17.2 Å². The number of nitrogens with one attached hydrogen (secondary N) is 1. The summed E-state index contributed by atoms with van der Waals surface area (Å²) in [6.45, 7) is 4.32. The number of fused-ring (bicyclic) bond motifs is 1. The topological polar surface area (TPSA) is 147 Å². The Labute approximate surface area is 262 Å². The van der Waals surface area contributed by atoms with Gasteiger partial charge in [0, 0.05) is 18.3 Å². The van der Waals surface area contributed by atoms with Crippen molar-refractivity contribution < 1.29 is 19.1 Å². The number of anilines is 1. The lowest BCUT2D eigenvalue weighted by Gasteiger charge is -2.29. The van der Waals surface area contributed by atoms with Gasteiger partial charge in [0.2, 0.25) is 0 Å². The van der Waals surface area contributed by atoms with E-state index in [4.69, 9.17) is 15.5 Å². The first kappa shape index (κ1) is 31.2. The third-order valence-corrected chi connectivity index (χ3v) is 7.89. The largest absolute Gasteiger partial charge is 0.457 e. The van der Waals surface area contributed by atoms with Crippen LogP contribution in [-0.2, 0) is 11.8 Å². The standard InChI is InChI=1S/C34H37N7O4/c1-22(2)31(32-38-28-17-12-23(19-29(28)39(32)3)33(43)37-24(20-36)9-7-8-18-35)41-30(42)21-40(34(41)44)25-13-15-27(16-14-25)45-26-10-5-4-6-11-26/h4-6,10-17,19,22,24,31H,7-9,18,21,35H2,1-3H3,(H,37,43)/t24-,31+/m0/s1. The van der Waals surface area contributed by atoms with E-state index in [1.54, 1.807) is 49.5 Å². The molecule has 3 aromatic carbocycles. The molecule has 0 radical (unpaired) electrons. The molecule has 0 bridgehead atoms. The van der Waals surface area contributed by atoms with Crippen molar-refractivity contribution in [3.63, 3.8) is 0 Å². The zero-order valence-electron chi connectivity index (χ0n) is 25.6. The van der Waals surface area contributed by atoms with Gasteiger partial charge in [0.15, 0.2) is 0 Å². The van der Waals surface area contributed by atoms with E-state index in [0.29, 0.717) is 52.6 Å². The lowest BCUT2D eigenvalue weighted by atomic mass is 10.0. The number of para-hydroxylation sites is 1. The Bertz CT molecular complexity index is 1730. The minimum Gasteiger partial charge on any atom is -0.457 e. The summed E-state index contributed by atoms with van der Waals surface area (Å²) in [6, 6.07) is 22.0. The first-order valence-electron chi connectivity index (χ1n) is 15.0. The van der Waals surface area contributed by atoms with Crippen LogP contribution in [0.1, 0.15) is 55.3 Å². The van der Waals surface area contributed by atoms with Gasteiger partial charge in [-0.1, -0.05) is 32.0 Å². The van der Waals surface area contributed by atoms with Gasteiger partial charge in [0.1, 0.15) is 36.0 Å². The Balaban J connectivity index is 1.36. The lowest BCUT2D eigenvalue weighted by Crippen LogP contribution is -2.39. The van der Waals surface area contributed by atoms with E-state index in [9.17, 15) is 19.6 Å². The maximum atomic E-state index is 13.8. The molecule has 2 atom stereocenters. The monoisotopic (exact) mass is 607 g/mol. The number of nitrogens with zero attached hydrogens (tertiary/aromatic N) is 5. The zero-order valence-corrected chi connectivity index (χ0v) is 25.6. The number of ether oxygens (including phenoxy) is 1. The first-order chi connectivity index (χ1) is 21.7. The van der Waals surface area contributed by atoms with Crippen molar-refractivity contribution in [2.75, 3.05) is 18.0 Å². The average molecular weight is 608 g/mol. The van der Waals surface area contributed by atoms with E-state index >= 15 is 0 Å². The number of imide groups is 1. The van der Waals surface area contributed by atoms with Gasteiger partial charge >= 0.3 is 6.03 Å². The molecular weight excluding hydrogens is 570 g/mol. The summed E-state index contributed by atoms with van der Waals surface area (Å²) in [7, 11) is 1.81. The van der Waals surface area contributed by atoms with Crippen molar-refractivity contribution in [3.8, 4) is 17.6 Å². The maximum Gasteiger partial charge on any atom is 0.332 e. The molecule has 232 valence electrons. The van der Waals surface area contributed by atoms with Gasteiger partial charge in [-0.2, -0.15) is 5.26 Å². The Morgan fingerprint density at radius 1 is 1.04 bits per heavy atom. The highest BCUT2D eigenvalue weighted by Crippen LogP contribution is 2.35. The molecular formula is C34H37N7O4. The minimum absolute atomic E-state index is 0.0967. The number of amides is 4. The molecule has 45 heavy (non-hydrogen) atoms. The number of aryl methyl sites for hydroxylation is 1. The molecule has 4 aromatic rings. The quantitative estimate of drug-likeness (QED) is 0.164. The Morgan fingerprint density at radius 3 is 2.42 bits per heavy atom. The Kier molecular flexibility index (Phi) is 9.45. The van der Waals surface area contributed by atoms with Crippen LogP contribution in [0.4, 0.5) is 10.5 Å². The van der Waals surface area contributed by atoms with Gasteiger partial charge < -0.3 is 20.4 Å². The summed E-state index contributed by atoms with van der Waals surface area (Å²) in [6.07, 6.45) is 2.05. The van der Waals surface area contributed by atoms with Gasteiger partial charge in [0.05, 0.1) is 17.1 Å². The third kappa shape index (κ3) is 6.66. The number of carbonyl (C=O) groups is 3. The van der Waals surface area contributed by atoms with Gasteiger partial charge in [-0.15, -0.1) is 0 Å². The Morgan fingerprint density at radius 2 is 1.76 bits per heavy atom. The number of aromatic nitrogens is 2. The van der Waals surface area contributed by atoms with Crippen molar-refractivity contribution in [3.05, 3.63) is 84.2 Å². The third-order valence-electron chi connectivity index (χ3n) is 7.89. The lowest BCUT2D eigenvalue weighted by molar-refractivity contribution is -0.127. The summed E-state index contributed by atoms with van der Waals surface area (Å²) in [5.41, 5.74) is 7.81. The van der Waals surface area contributed by atoms with E-state index in [2.05, 4.69) is 11.4 Å². The van der Waals surface area contributed by atoms with E-state index in [-0.39, 0.29) is 24.3 Å². The number of benzene rings is 3. The van der Waals surface area contributed by atoms with Gasteiger partial charge in [-0.3, -0.25) is 19.4 Å². The number of hydrogen-bond donors (Lipinski definition) is 2. The van der Waals surface area contributed by atoms with Crippen molar-refractivity contribution in [2.45, 2.75) is 45.2 Å². The number of nitriles is 1. The molecule has 3 N–H and O–H groups in total. The number of carbonyl (C=O) groups excluding carboxylic acids is 3. The highest BCUT2D eigenvalue weighted by atomic mass is 16.5. The second kappa shape index (κ2) is 13.6. The van der Waals surface area contributed by atoms with Crippen LogP contribution in [0.25, 0.3) is 11.0 Å². The minimum atomic E-state index is -0.643. The summed E-state index contributed by atoms with van der Waals surface area (Å²) >= 11 is 0. The molecule has 4 amide bonds. The summed E-state index contributed by atoms with van der Waals surface area (Å²) in [5.74, 6) is 1.01. The summed E-state index contributed by atoms with van der Waals surface area (Å²) in [4.78, 5) is 47.7. The SMILES string of the molecule is CC(C)[C@H](c1nc2ccc(C(=O)N[C@H](C#N)CCCCN)cc2n1C)N1C(=O)CN(c2ccc(Oc3ccccc3)cc2)C1=O. The van der Waals surface area contributed by atoms with Crippen LogP contribution in [0.15, 0.2) is 72.8 Å². The molecule has 1 aromatic heterocycles. The van der Waals surface area contributed by atoms with Gasteiger partial charge in [-0.25, -0.2) is 9.78 Å². The second-order valence-corrected chi connectivity index (χ2v) is 11.4. The van der Waals surface area contributed by atoms with Crippen LogP contribution in [0.5, 0.6) is 11.5 Å². The fourth-order valence-corrected chi connectivity index (χ4v) is 5.54. The smallest absolute Gasteiger partial charge is 0.332 e. The summed E-state index contributed by atoms with van der Waals surface area (Å²) in [5, 5.41) is 12.3. The van der Waals surface area contributed by atoms with Crippen LogP contribution < -0.4 is 20.7 Å². The number of unbranched alkanes of at least 4 members (excludes halogenated alkanes) is 1. The maximum absolute atomic E-state index is 13.8. The van der Waals surface area contributed by atoms with Crippen LogP contribution in [-0.4, -0.2) is 51.4 Å². The van der Waals surface area contributed by atoms with Crippen LogP contribution in [0.2, 0.25) is 0 Å². The number of nitrogens with two attached hydrogens (primary N) is 1. The normalized spacial score (nSPS) is 14.6. The molecule has 0 saturated carbocycles. The van der Waals surface area contributed by atoms with Crippen molar-refractivity contribution >= 4 is 34.6 Å². The van der Waals surface area contributed by atoms with Gasteiger partial charge in [-0.05, 0) is 86.3 Å². The highest BCUT2D eigenvalue weighted by molar-refractivity contribution is 6.12. The van der Waals surface area contributed by atoms with E-state index in [1.165, 1.54) is 9.80 Å². The zero-order chi connectivity index (χ0) is 32.1. The molecule has 11 nitrogen and oxygen atoms in total. The predicted octanol–water partition coefficient (Wildman–Crippen LogP) is 5.28. The van der Waals surface area contributed by atoms with Gasteiger partial charge in [0.25, 0.3) is 11.8 Å². The number of hydrogen-bond acceptors (Lipinski definition) is 7.